The van der Waals surface area contributed by atoms with Gasteiger partial charge in [-0.1, -0.05) is 23.7 Å². The summed E-state index contributed by atoms with van der Waals surface area (Å²) in [5.74, 6) is 1.21. The Kier molecular flexibility index (Phi) is 4.76. The molecule has 0 saturated carbocycles. The Bertz CT molecular complexity index is 1260. The van der Waals surface area contributed by atoms with E-state index in [2.05, 4.69) is 25.7 Å². The minimum atomic E-state index is -0.513. The van der Waals surface area contributed by atoms with Crippen LogP contribution >= 0.6 is 11.6 Å². The summed E-state index contributed by atoms with van der Waals surface area (Å²) in [6.45, 7) is 1.84. The number of anilines is 2. The number of hydrogen-bond donors (Lipinski definition) is 2. The molecular weight excluding hydrogens is 416 g/mol. The van der Waals surface area contributed by atoms with Gasteiger partial charge < -0.3 is 15.1 Å². The number of rotatable bonds is 4. The number of hydrogen-bond acceptors (Lipinski definition) is 6. The molecule has 4 heterocycles. The van der Waals surface area contributed by atoms with Crippen molar-refractivity contribution in [1.82, 2.24) is 19.7 Å². The molecule has 1 atom stereocenters. The van der Waals surface area contributed by atoms with Crippen LogP contribution in [0.3, 0.4) is 0 Å². The Morgan fingerprint density at radius 2 is 2.03 bits per heavy atom. The van der Waals surface area contributed by atoms with E-state index in [0.29, 0.717) is 39.5 Å². The molecule has 1 aliphatic rings. The lowest BCUT2D eigenvalue weighted by Crippen LogP contribution is -2.31. The van der Waals surface area contributed by atoms with Crippen LogP contribution in [0, 0.1) is 0 Å². The van der Waals surface area contributed by atoms with Gasteiger partial charge >= 0.3 is 0 Å². The monoisotopic (exact) mass is 432 g/mol. The Morgan fingerprint density at radius 1 is 1.19 bits per heavy atom. The second-order valence-electron chi connectivity index (χ2n) is 6.99. The standard InChI is InChI=1S/C22H17ClN6O2/c1-13-18(21(30)26-16-4-2-10-24-12-16)19(14-6-8-15(23)9-7-14)29-22(25-13)27-20(28-29)17-5-3-11-31-17/h2-12,19H,1H3,(H,26,30)(H,25,27,28). The molecule has 1 aliphatic heterocycles. The smallest absolute Gasteiger partial charge is 0.255 e. The number of pyridine rings is 1. The second-order valence-corrected chi connectivity index (χ2v) is 7.43. The van der Waals surface area contributed by atoms with Crippen LogP contribution in [-0.4, -0.2) is 25.7 Å². The fourth-order valence-corrected chi connectivity index (χ4v) is 3.67. The first-order valence-corrected chi connectivity index (χ1v) is 9.93. The molecule has 154 valence electrons. The van der Waals surface area contributed by atoms with Gasteiger partial charge in [0.05, 0.1) is 23.7 Å². The molecule has 31 heavy (non-hydrogen) atoms. The Labute approximate surface area is 182 Å². The minimum absolute atomic E-state index is 0.265. The largest absolute Gasteiger partial charge is 0.461 e. The van der Waals surface area contributed by atoms with Gasteiger partial charge in [-0.15, -0.1) is 5.10 Å². The fourth-order valence-electron chi connectivity index (χ4n) is 3.54. The van der Waals surface area contributed by atoms with E-state index in [-0.39, 0.29) is 5.91 Å². The number of benzene rings is 1. The number of amides is 1. The number of nitrogens with zero attached hydrogens (tertiary/aromatic N) is 4. The molecule has 8 nitrogen and oxygen atoms in total. The van der Waals surface area contributed by atoms with Crippen LogP contribution in [0.1, 0.15) is 18.5 Å². The summed E-state index contributed by atoms with van der Waals surface area (Å²) in [4.78, 5) is 21.9. The molecular formula is C22H17ClN6O2. The number of aromatic nitrogens is 4. The van der Waals surface area contributed by atoms with Crippen molar-refractivity contribution in [3.63, 3.8) is 0 Å². The molecule has 4 aromatic rings. The maximum atomic E-state index is 13.3. The zero-order chi connectivity index (χ0) is 21.4. The van der Waals surface area contributed by atoms with Crippen molar-refractivity contribution in [2.24, 2.45) is 0 Å². The van der Waals surface area contributed by atoms with Gasteiger partial charge in [0.2, 0.25) is 11.8 Å². The van der Waals surface area contributed by atoms with Gasteiger partial charge in [0, 0.05) is 16.9 Å². The van der Waals surface area contributed by atoms with Crippen LogP contribution in [0.4, 0.5) is 11.6 Å². The first-order valence-electron chi connectivity index (χ1n) is 9.55. The fraction of sp³-hybridized carbons (Fsp3) is 0.0909. The highest BCUT2D eigenvalue weighted by Crippen LogP contribution is 2.37. The van der Waals surface area contributed by atoms with Gasteiger partial charge in [-0.05, 0) is 48.9 Å². The Morgan fingerprint density at radius 3 is 2.74 bits per heavy atom. The molecule has 3 aromatic heterocycles. The Hall–Kier alpha value is -3.91. The summed E-state index contributed by atoms with van der Waals surface area (Å²) in [5, 5.41) is 11.4. The molecule has 0 fully saturated rings. The van der Waals surface area contributed by atoms with Crippen molar-refractivity contribution in [3.05, 3.63) is 89.0 Å². The molecule has 1 unspecified atom stereocenters. The first-order chi connectivity index (χ1) is 15.1. The van der Waals surface area contributed by atoms with Crippen molar-refractivity contribution in [3.8, 4) is 11.6 Å². The molecule has 2 N–H and O–H groups in total. The molecule has 9 heteroatoms. The van der Waals surface area contributed by atoms with Crippen LogP contribution in [0.2, 0.25) is 5.02 Å². The van der Waals surface area contributed by atoms with E-state index in [4.69, 9.17) is 16.0 Å². The molecule has 0 bridgehead atoms. The van der Waals surface area contributed by atoms with Crippen molar-refractivity contribution >= 4 is 29.1 Å². The molecule has 0 saturated heterocycles. The highest BCUT2D eigenvalue weighted by Gasteiger charge is 2.34. The molecule has 5 rings (SSSR count). The number of allylic oxidation sites excluding steroid dienone is 1. The van der Waals surface area contributed by atoms with Crippen molar-refractivity contribution in [1.29, 1.82) is 0 Å². The lowest BCUT2D eigenvalue weighted by molar-refractivity contribution is -0.113. The van der Waals surface area contributed by atoms with Gasteiger partial charge in [0.1, 0.15) is 6.04 Å². The van der Waals surface area contributed by atoms with Crippen LogP contribution in [0.5, 0.6) is 0 Å². The highest BCUT2D eigenvalue weighted by atomic mass is 35.5. The predicted octanol–water partition coefficient (Wildman–Crippen LogP) is 4.51. The number of nitrogens with one attached hydrogen (secondary N) is 2. The van der Waals surface area contributed by atoms with Crippen molar-refractivity contribution in [2.45, 2.75) is 13.0 Å². The molecule has 0 aliphatic carbocycles. The third-order valence-corrected chi connectivity index (χ3v) is 5.20. The lowest BCUT2D eigenvalue weighted by Gasteiger charge is -2.28. The van der Waals surface area contributed by atoms with Gasteiger partial charge in [0.15, 0.2) is 5.76 Å². The first kappa shape index (κ1) is 19.1. The zero-order valence-electron chi connectivity index (χ0n) is 16.4. The summed E-state index contributed by atoms with van der Waals surface area (Å²) in [6.07, 6.45) is 4.81. The van der Waals surface area contributed by atoms with E-state index in [1.54, 1.807) is 59.7 Å². The quantitative estimate of drug-likeness (QED) is 0.492. The van der Waals surface area contributed by atoms with Crippen LogP contribution < -0.4 is 10.6 Å². The Balaban J connectivity index is 1.60. The highest BCUT2D eigenvalue weighted by molar-refractivity contribution is 6.30. The van der Waals surface area contributed by atoms with E-state index in [9.17, 15) is 4.79 Å². The number of carbonyl (C=O) groups is 1. The molecule has 1 amide bonds. The topological polar surface area (TPSA) is 97.9 Å². The van der Waals surface area contributed by atoms with Gasteiger partial charge in [-0.3, -0.25) is 9.78 Å². The van der Waals surface area contributed by atoms with Crippen LogP contribution in [0.15, 0.2) is 82.9 Å². The van der Waals surface area contributed by atoms with E-state index >= 15 is 0 Å². The van der Waals surface area contributed by atoms with Crippen molar-refractivity contribution in [2.75, 3.05) is 10.6 Å². The number of fused-ring (bicyclic) bond motifs is 1. The maximum Gasteiger partial charge on any atom is 0.255 e. The summed E-state index contributed by atoms with van der Waals surface area (Å²) >= 11 is 6.10. The van der Waals surface area contributed by atoms with E-state index < -0.39 is 6.04 Å². The van der Waals surface area contributed by atoms with Crippen LogP contribution in [-0.2, 0) is 4.79 Å². The van der Waals surface area contributed by atoms with Gasteiger partial charge in [-0.2, -0.15) is 4.98 Å². The van der Waals surface area contributed by atoms with Gasteiger partial charge in [-0.25, -0.2) is 4.68 Å². The third-order valence-electron chi connectivity index (χ3n) is 4.94. The molecule has 0 radical (unpaired) electrons. The summed E-state index contributed by atoms with van der Waals surface area (Å²) in [6, 6.07) is 13.9. The average Bonchev–Trinajstić information content (AvgIpc) is 3.44. The van der Waals surface area contributed by atoms with E-state index in [0.717, 1.165) is 5.56 Å². The minimum Gasteiger partial charge on any atom is -0.461 e. The lowest BCUT2D eigenvalue weighted by atomic mass is 9.95. The van der Waals surface area contributed by atoms with E-state index in [1.165, 1.54) is 0 Å². The number of furan rings is 1. The van der Waals surface area contributed by atoms with Crippen LogP contribution in [0.25, 0.3) is 11.6 Å². The SMILES string of the molecule is CC1=C(C(=O)Nc2cccnc2)C(c2ccc(Cl)cc2)n2nc(-c3ccco3)nc2N1. The number of halogens is 1. The summed E-state index contributed by atoms with van der Waals surface area (Å²) < 4.78 is 7.14. The van der Waals surface area contributed by atoms with Crippen molar-refractivity contribution < 1.29 is 9.21 Å². The normalized spacial score (nSPS) is 15.4. The molecule has 0 spiro atoms. The zero-order valence-corrected chi connectivity index (χ0v) is 17.2. The number of carbonyl (C=O) groups excluding carboxylic acids is 1. The summed E-state index contributed by atoms with van der Waals surface area (Å²) in [5.41, 5.74) is 2.63. The summed E-state index contributed by atoms with van der Waals surface area (Å²) in [7, 11) is 0. The third kappa shape index (κ3) is 3.57. The maximum absolute atomic E-state index is 13.3. The van der Waals surface area contributed by atoms with Gasteiger partial charge in [0.25, 0.3) is 5.91 Å². The van der Waals surface area contributed by atoms with E-state index in [1.807, 2.05) is 19.1 Å². The second kappa shape index (κ2) is 7.73. The predicted molar refractivity (Wildman–Crippen MR) is 117 cm³/mol. The average molecular weight is 433 g/mol. The molecule has 1 aromatic carbocycles.